The lowest BCUT2D eigenvalue weighted by atomic mass is 9.44. The normalized spacial score (nSPS) is 48.3. The van der Waals surface area contributed by atoms with Crippen LogP contribution in [0.2, 0.25) is 0 Å². The van der Waals surface area contributed by atoms with Crippen molar-refractivity contribution in [3.63, 3.8) is 0 Å². The molecule has 0 N–H and O–H groups in total. The number of hydrogen-bond donors (Lipinski definition) is 0. The minimum Gasteiger partial charge on any atom is -0.312 e. The second-order valence-corrected chi connectivity index (χ2v) is 13.2. The molecule has 30 heavy (non-hydrogen) atoms. The second kappa shape index (κ2) is 8.99. The largest absolute Gasteiger partial charge is 0.312 e. The predicted octanol–water partition coefficient (Wildman–Crippen LogP) is 8.86. The average molecular weight is 527 g/mol. The molecule has 2 heteroatoms. The van der Waals surface area contributed by atoms with E-state index in [1.165, 1.54) is 57.8 Å². The quantitative estimate of drug-likeness (QED) is 0.257. The summed E-state index contributed by atoms with van der Waals surface area (Å²) in [6.45, 7) is 15.0. The van der Waals surface area contributed by atoms with Crippen LogP contribution >= 0.6 is 23.0 Å². The molecular formula is C28H47IO. The van der Waals surface area contributed by atoms with Gasteiger partial charge in [0.15, 0.2) is 0 Å². The summed E-state index contributed by atoms with van der Waals surface area (Å²) in [5.74, 6) is 6.95. The van der Waals surface area contributed by atoms with E-state index in [9.17, 15) is 0 Å². The molecule has 0 bridgehead atoms. The fourth-order valence-electron chi connectivity index (χ4n) is 8.91. The number of allylic oxidation sites excluding steroid dienone is 2. The molecule has 4 saturated carbocycles. The summed E-state index contributed by atoms with van der Waals surface area (Å²) in [4.78, 5) is 0. The van der Waals surface area contributed by atoms with Gasteiger partial charge in [0.25, 0.3) is 0 Å². The van der Waals surface area contributed by atoms with E-state index in [-0.39, 0.29) is 0 Å². The fourth-order valence-corrected chi connectivity index (χ4v) is 9.37. The minimum atomic E-state index is 0.519. The van der Waals surface area contributed by atoms with Crippen molar-refractivity contribution < 1.29 is 3.07 Å². The van der Waals surface area contributed by atoms with E-state index in [0.29, 0.717) is 22.9 Å². The number of fused-ring (bicyclic) bond motifs is 5. The van der Waals surface area contributed by atoms with Gasteiger partial charge in [-0.3, -0.25) is 0 Å². The Balaban J connectivity index is 1.49. The standard InChI is InChI=1S/C28H47IO/c1-18(2)19(3)7-8-20(4)24-11-12-25-23-10-9-21-17-22(30-29)13-15-27(21,5)26(23)14-16-28(24,25)6/h7-8,18-26H,9-17H2,1-6H3/b8-7+/t19-,20+,21?,22?,23?,24?,25?,26?,27?,28+/m0/s1. The van der Waals surface area contributed by atoms with Crippen molar-refractivity contribution in [3.8, 4) is 0 Å². The van der Waals surface area contributed by atoms with Crippen LogP contribution in [0, 0.1) is 58.2 Å². The lowest BCUT2D eigenvalue weighted by molar-refractivity contribution is -0.123. The van der Waals surface area contributed by atoms with Crippen molar-refractivity contribution in [3.05, 3.63) is 12.2 Å². The lowest BCUT2D eigenvalue weighted by Crippen LogP contribution is -2.54. The summed E-state index contributed by atoms with van der Waals surface area (Å²) >= 11 is 2.15. The van der Waals surface area contributed by atoms with Crippen molar-refractivity contribution in [1.29, 1.82) is 0 Å². The molecule has 4 fully saturated rings. The monoisotopic (exact) mass is 526 g/mol. The van der Waals surface area contributed by atoms with Gasteiger partial charge < -0.3 is 3.07 Å². The van der Waals surface area contributed by atoms with Gasteiger partial charge >= 0.3 is 0 Å². The van der Waals surface area contributed by atoms with Gasteiger partial charge in [0.1, 0.15) is 23.0 Å². The Hall–Kier alpha value is 0.430. The van der Waals surface area contributed by atoms with Crippen LogP contribution in [0.1, 0.15) is 99.3 Å². The van der Waals surface area contributed by atoms with Crippen molar-refractivity contribution in [2.75, 3.05) is 0 Å². The SMILES string of the molecule is CC(C)[C@@H](C)/C=C/[C@@H](C)C1CCC2C3CCC4CC(OI)CCC4(C)C3CC[C@@]21C. The summed E-state index contributed by atoms with van der Waals surface area (Å²) in [7, 11) is 0. The zero-order valence-corrected chi connectivity index (χ0v) is 22.7. The van der Waals surface area contributed by atoms with Crippen LogP contribution in [0.15, 0.2) is 12.2 Å². The summed E-state index contributed by atoms with van der Waals surface area (Å²) in [6, 6.07) is 0. The predicted molar refractivity (Wildman–Crippen MR) is 136 cm³/mol. The Kier molecular flexibility index (Phi) is 7.07. The lowest BCUT2D eigenvalue weighted by Gasteiger charge is -2.61. The molecule has 7 unspecified atom stereocenters. The third kappa shape index (κ3) is 3.97. The average Bonchev–Trinajstić information content (AvgIpc) is 3.08. The van der Waals surface area contributed by atoms with Gasteiger partial charge in [0.2, 0.25) is 0 Å². The second-order valence-electron chi connectivity index (χ2n) is 12.7. The molecule has 0 aromatic heterocycles. The first-order valence-corrected chi connectivity index (χ1v) is 14.0. The van der Waals surface area contributed by atoms with Gasteiger partial charge in [-0.15, -0.1) is 0 Å². The van der Waals surface area contributed by atoms with Gasteiger partial charge in [0.05, 0.1) is 6.10 Å². The van der Waals surface area contributed by atoms with Crippen LogP contribution in [0.4, 0.5) is 0 Å². The molecule has 0 aliphatic heterocycles. The Morgan fingerprint density at radius 2 is 1.53 bits per heavy atom. The molecule has 0 aromatic carbocycles. The van der Waals surface area contributed by atoms with Gasteiger partial charge in [-0.25, -0.2) is 0 Å². The van der Waals surface area contributed by atoms with Crippen molar-refractivity contribution in [2.24, 2.45) is 58.2 Å². The Bertz CT molecular complexity index is 628. The third-order valence-electron chi connectivity index (χ3n) is 11.2. The Morgan fingerprint density at radius 1 is 0.833 bits per heavy atom. The van der Waals surface area contributed by atoms with Crippen LogP contribution < -0.4 is 0 Å². The van der Waals surface area contributed by atoms with Crippen LogP contribution in [0.3, 0.4) is 0 Å². The first kappa shape index (κ1) is 23.6. The maximum absolute atomic E-state index is 5.76. The number of hydrogen-bond acceptors (Lipinski definition) is 1. The van der Waals surface area contributed by atoms with E-state index in [1.807, 2.05) is 0 Å². The minimum absolute atomic E-state index is 0.519. The van der Waals surface area contributed by atoms with E-state index in [4.69, 9.17) is 3.07 Å². The molecule has 10 atom stereocenters. The van der Waals surface area contributed by atoms with Gasteiger partial charge in [-0.1, -0.05) is 53.7 Å². The highest BCUT2D eigenvalue weighted by atomic mass is 127. The molecule has 0 spiro atoms. The Labute approximate surface area is 201 Å². The van der Waals surface area contributed by atoms with Crippen LogP contribution in [0.5, 0.6) is 0 Å². The molecule has 4 rings (SSSR count). The maximum atomic E-state index is 5.76. The Morgan fingerprint density at radius 3 is 2.23 bits per heavy atom. The zero-order chi connectivity index (χ0) is 21.7. The molecule has 172 valence electrons. The van der Waals surface area contributed by atoms with Crippen molar-refractivity contribution >= 4 is 23.0 Å². The van der Waals surface area contributed by atoms with Gasteiger partial charge in [-0.05, 0) is 116 Å². The van der Waals surface area contributed by atoms with Crippen LogP contribution in [-0.4, -0.2) is 6.10 Å². The highest BCUT2D eigenvalue weighted by Crippen LogP contribution is 2.68. The van der Waals surface area contributed by atoms with Crippen LogP contribution in [0.25, 0.3) is 0 Å². The van der Waals surface area contributed by atoms with Crippen molar-refractivity contribution in [1.82, 2.24) is 0 Å². The van der Waals surface area contributed by atoms with E-state index < -0.39 is 0 Å². The summed E-state index contributed by atoms with van der Waals surface area (Å²) < 4.78 is 5.76. The van der Waals surface area contributed by atoms with Crippen LogP contribution in [-0.2, 0) is 3.07 Å². The van der Waals surface area contributed by atoms with E-state index in [0.717, 1.165) is 41.4 Å². The molecule has 0 saturated heterocycles. The molecule has 0 aromatic rings. The molecule has 4 aliphatic rings. The number of halogens is 1. The smallest absolute Gasteiger partial charge is 0.110 e. The summed E-state index contributed by atoms with van der Waals surface area (Å²) in [5, 5.41) is 0. The summed E-state index contributed by atoms with van der Waals surface area (Å²) in [6.07, 6.45) is 18.6. The fraction of sp³-hybridized carbons (Fsp3) is 0.929. The van der Waals surface area contributed by atoms with Crippen molar-refractivity contribution in [2.45, 2.75) is 105 Å². The zero-order valence-electron chi connectivity index (χ0n) is 20.5. The molecule has 4 aliphatic carbocycles. The molecule has 0 radical (unpaired) electrons. The first-order valence-electron chi connectivity index (χ1n) is 13.2. The highest BCUT2D eigenvalue weighted by Gasteiger charge is 2.60. The topological polar surface area (TPSA) is 9.23 Å². The highest BCUT2D eigenvalue weighted by molar-refractivity contribution is 14.1. The van der Waals surface area contributed by atoms with E-state index >= 15 is 0 Å². The van der Waals surface area contributed by atoms with E-state index in [2.05, 4.69) is 76.7 Å². The molecule has 1 nitrogen and oxygen atoms in total. The first-order chi connectivity index (χ1) is 14.2. The maximum Gasteiger partial charge on any atom is 0.110 e. The third-order valence-corrected chi connectivity index (χ3v) is 11.9. The van der Waals surface area contributed by atoms with Gasteiger partial charge in [-0.2, -0.15) is 0 Å². The summed E-state index contributed by atoms with van der Waals surface area (Å²) in [5.41, 5.74) is 1.17. The van der Waals surface area contributed by atoms with Gasteiger partial charge in [0, 0.05) is 0 Å². The molecule has 0 amide bonds. The molecular weight excluding hydrogens is 479 g/mol. The number of rotatable bonds is 5. The van der Waals surface area contributed by atoms with E-state index in [1.54, 1.807) is 0 Å². The molecule has 0 heterocycles.